The summed E-state index contributed by atoms with van der Waals surface area (Å²) in [5, 5.41) is 5.73. The number of carbonyl (C=O) groups is 2. The first-order valence-corrected chi connectivity index (χ1v) is 6.70. The number of nitrogens with one attached hydrogen (secondary N) is 1. The van der Waals surface area contributed by atoms with Gasteiger partial charge in [-0.1, -0.05) is 0 Å². The number of H-pyrrole nitrogens is 1. The van der Waals surface area contributed by atoms with Gasteiger partial charge in [0.1, 0.15) is 11.2 Å². The van der Waals surface area contributed by atoms with Gasteiger partial charge in [-0.25, -0.2) is 14.7 Å². The summed E-state index contributed by atoms with van der Waals surface area (Å²) in [7, 11) is 0. The van der Waals surface area contributed by atoms with Crippen LogP contribution < -0.4 is 10.5 Å². The van der Waals surface area contributed by atoms with E-state index in [1.165, 1.54) is 0 Å². The van der Waals surface area contributed by atoms with E-state index in [4.69, 9.17) is 9.47 Å². The SMILES string of the molecule is CC(C)(C)OC(=O)N(C(=O)OC(C)(C)C)c1cn[nH]c(=O)c1. The number of nitrogens with zero attached hydrogens (tertiary/aromatic N) is 2. The molecule has 0 unspecified atom stereocenters. The van der Waals surface area contributed by atoms with Crippen LogP contribution in [0.3, 0.4) is 0 Å². The van der Waals surface area contributed by atoms with E-state index in [-0.39, 0.29) is 5.69 Å². The molecule has 0 aliphatic carbocycles. The number of aromatic nitrogens is 2. The van der Waals surface area contributed by atoms with Crippen LogP contribution in [0.2, 0.25) is 0 Å². The van der Waals surface area contributed by atoms with Gasteiger partial charge in [0, 0.05) is 6.07 Å². The highest BCUT2D eigenvalue weighted by Gasteiger charge is 2.32. The highest BCUT2D eigenvalue weighted by Crippen LogP contribution is 2.19. The van der Waals surface area contributed by atoms with Gasteiger partial charge >= 0.3 is 12.2 Å². The van der Waals surface area contributed by atoms with E-state index in [0.717, 1.165) is 12.3 Å². The van der Waals surface area contributed by atoms with E-state index < -0.39 is 28.9 Å². The highest BCUT2D eigenvalue weighted by molar-refractivity contribution is 6.09. The Morgan fingerprint density at radius 3 is 1.86 bits per heavy atom. The number of hydrogen-bond acceptors (Lipinski definition) is 6. The molecule has 1 aromatic heterocycles. The Bertz CT molecular complexity index is 582. The third-order valence-electron chi connectivity index (χ3n) is 2.06. The van der Waals surface area contributed by atoms with Crippen LogP contribution in [-0.2, 0) is 9.47 Å². The predicted molar refractivity (Wildman–Crippen MR) is 79.8 cm³/mol. The fourth-order valence-electron chi connectivity index (χ4n) is 1.39. The second kappa shape index (κ2) is 6.17. The van der Waals surface area contributed by atoms with Gasteiger partial charge in [-0.2, -0.15) is 10.00 Å². The Balaban J connectivity index is 3.18. The molecule has 8 heteroatoms. The van der Waals surface area contributed by atoms with Gasteiger partial charge in [-0.3, -0.25) is 4.79 Å². The third kappa shape index (κ3) is 5.55. The van der Waals surface area contributed by atoms with Crippen LogP contribution in [0.25, 0.3) is 0 Å². The Morgan fingerprint density at radius 2 is 1.50 bits per heavy atom. The molecule has 0 saturated carbocycles. The Morgan fingerprint density at radius 1 is 1.05 bits per heavy atom. The van der Waals surface area contributed by atoms with E-state index in [2.05, 4.69) is 10.2 Å². The Hall–Kier alpha value is -2.38. The molecule has 1 heterocycles. The van der Waals surface area contributed by atoms with Crippen LogP contribution >= 0.6 is 0 Å². The molecule has 0 radical (unpaired) electrons. The highest BCUT2D eigenvalue weighted by atomic mass is 16.6. The van der Waals surface area contributed by atoms with Gasteiger partial charge in [-0.15, -0.1) is 0 Å². The first-order valence-electron chi connectivity index (χ1n) is 6.70. The molecule has 0 saturated heterocycles. The Kier molecular flexibility index (Phi) is 4.95. The molecule has 1 N–H and O–H groups in total. The van der Waals surface area contributed by atoms with Crippen molar-refractivity contribution in [1.29, 1.82) is 0 Å². The van der Waals surface area contributed by atoms with Crippen molar-refractivity contribution in [3.8, 4) is 0 Å². The summed E-state index contributed by atoms with van der Waals surface area (Å²) in [6, 6.07) is 1.06. The number of rotatable bonds is 1. The number of aromatic amines is 1. The summed E-state index contributed by atoms with van der Waals surface area (Å²) < 4.78 is 10.4. The molecule has 0 aromatic carbocycles. The monoisotopic (exact) mass is 311 g/mol. The average Bonchev–Trinajstić information content (AvgIpc) is 2.23. The minimum atomic E-state index is -0.950. The first kappa shape index (κ1) is 17.7. The predicted octanol–water partition coefficient (Wildman–Crippen LogP) is 2.45. The number of anilines is 1. The van der Waals surface area contributed by atoms with Crippen molar-refractivity contribution < 1.29 is 19.1 Å². The number of ether oxygens (including phenoxy) is 2. The maximum Gasteiger partial charge on any atom is 0.424 e. The van der Waals surface area contributed by atoms with Gasteiger partial charge in [0.2, 0.25) is 0 Å². The third-order valence-corrected chi connectivity index (χ3v) is 2.06. The molecule has 0 bridgehead atoms. The summed E-state index contributed by atoms with van der Waals surface area (Å²) in [6.07, 6.45) is -0.738. The van der Waals surface area contributed by atoms with Crippen LogP contribution in [0.15, 0.2) is 17.1 Å². The van der Waals surface area contributed by atoms with Gasteiger partial charge in [0.15, 0.2) is 0 Å². The molecule has 122 valence electrons. The quantitative estimate of drug-likeness (QED) is 0.854. The summed E-state index contributed by atoms with van der Waals surface area (Å²) in [5.41, 5.74) is -2.22. The molecule has 2 amide bonds. The molecule has 1 aromatic rings. The van der Waals surface area contributed by atoms with Gasteiger partial charge in [0.25, 0.3) is 5.56 Å². The number of hydrogen-bond donors (Lipinski definition) is 1. The molecular formula is C14H21N3O5. The van der Waals surface area contributed by atoms with Crippen LogP contribution in [0.4, 0.5) is 15.3 Å². The van der Waals surface area contributed by atoms with Gasteiger partial charge < -0.3 is 9.47 Å². The first-order chi connectivity index (χ1) is 9.89. The lowest BCUT2D eigenvalue weighted by atomic mass is 10.2. The zero-order chi connectivity index (χ0) is 17.1. The molecule has 22 heavy (non-hydrogen) atoms. The minimum Gasteiger partial charge on any atom is -0.443 e. The molecule has 0 fully saturated rings. The molecule has 0 spiro atoms. The minimum absolute atomic E-state index is 0.0350. The normalized spacial score (nSPS) is 11.7. The molecule has 0 aliphatic rings. The largest absolute Gasteiger partial charge is 0.443 e. The van der Waals surface area contributed by atoms with Gasteiger partial charge in [0.05, 0.1) is 11.9 Å². The lowest BCUT2D eigenvalue weighted by Crippen LogP contribution is -2.44. The zero-order valence-electron chi connectivity index (χ0n) is 13.6. The van der Waals surface area contributed by atoms with E-state index in [1.54, 1.807) is 41.5 Å². The lowest BCUT2D eigenvalue weighted by molar-refractivity contribution is 0.0430. The second-order valence-electron chi connectivity index (χ2n) is 6.60. The van der Waals surface area contributed by atoms with Crippen molar-refractivity contribution in [3.05, 3.63) is 22.6 Å². The fraction of sp³-hybridized carbons (Fsp3) is 0.571. The topological polar surface area (TPSA) is 102 Å². The van der Waals surface area contributed by atoms with Crippen molar-refractivity contribution in [1.82, 2.24) is 10.2 Å². The maximum absolute atomic E-state index is 12.3. The van der Waals surface area contributed by atoms with E-state index in [0.29, 0.717) is 4.90 Å². The second-order valence-corrected chi connectivity index (χ2v) is 6.60. The van der Waals surface area contributed by atoms with E-state index in [1.807, 2.05) is 0 Å². The summed E-state index contributed by atoms with van der Waals surface area (Å²) in [5.74, 6) is 0. The standard InChI is InChI=1S/C14H21N3O5/c1-13(2,3)21-11(19)17(12(20)22-14(4,5)6)9-7-10(18)16-15-8-9/h7-8H,1-6H3,(H,16,18). The van der Waals surface area contributed by atoms with Crippen LogP contribution in [0.1, 0.15) is 41.5 Å². The van der Waals surface area contributed by atoms with Crippen molar-refractivity contribution in [3.63, 3.8) is 0 Å². The summed E-state index contributed by atoms with van der Waals surface area (Å²) in [4.78, 5) is 36.5. The van der Waals surface area contributed by atoms with Gasteiger partial charge in [-0.05, 0) is 41.5 Å². The Labute approximate surface area is 128 Å². The number of amides is 2. The fourth-order valence-corrected chi connectivity index (χ4v) is 1.39. The van der Waals surface area contributed by atoms with Crippen LogP contribution in [-0.4, -0.2) is 33.6 Å². The van der Waals surface area contributed by atoms with Crippen LogP contribution in [0.5, 0.6) is 0 Å². The molecular weight excluding hydrogens is 290 g/mol. The summed E-state index contributed by atoms with van der Waals surface area (Å²) >= 11 is 0. The maximum atomic E-state index is 12.3. The average molecular weight is 311 g/mol. The molecule has 8 nitrogen and oxygen atoms in total. The number of imide groups is 1. The van der Waals surface area contributed by atoms with E-state index in [9.17, 15) is 14.4 Å². The number of carbonyl (C=O) groups excluding carboxylic acids is 2. The molecule has 0 aliphatic heterocycles. The van der Waals surface area contributed by atoms with E-state index >= 15 is 0 Å². The zero-order valence-corrected chi connectivity index (χ0v) is 13.6. The van der Waals surface area contributed by atoms with Crippen molar-refractivity contribution in [2.24, 2.45) is 0 Å². The molecule has 1 rings (SSSR count). The lowest BCUT2D eigenvalue weighted by Gasteiger charge is -2.28. The van der Waals surface area contributed by atoms with Crippen molar-refractivity contribution >= 4 is 17.9 Å². The van der Waals surface area contributed by atoms with Crippen molar-refractivity contribution in [2.45, 2.75) is 52.7 Å². The van der Waals surface area contributed by atoms with Crippen molar-refractivity contribution in [2.75, 3.05) is 4.90 Å². The smallest absolute Gasteiger partial charge is 0.424 e. The molecule has 0 atom stereocenters. The summed E-state index contributed by atoms with van der Waals surface area (Å²) in [6.45, 7) is 9.97. The van der Waals surface area contributed by atoms with Crippen LogP contribution in [0, 0.1) is 0 Å².